The maximum Gasteiger partial charge on any atom is 0.241 e. The molecular weight excluding hydrogens is 304 g/mol. The maximum atomic E-state index is 12.5. The van der Waals surface area contributed by atoms with Crippen LogP contribution < -0.4 is 10.0 Å². The lowest BCUT2D eigenvalue weighted by Gasteiger charge is -2.17. The van der Waals surface area contributed by atoms with Gasteiger partial charge in [-0.1, -0.05) is 27.2 Å². The van der Waals surface area contributed by atoms with Crippen LogP contribution in [0.1, 0.15) is 50.3 Å². The lowest BCUT2D eigenvalue weighted by Crippen LogP contribution is -2.33. The molecule has 2 N–H and O–H groups in total. The smallest absolute Gasteiger partial charge is 0.241 e. The van der Waals surface area contributed by atoms with Crippen molar-refractivity contribution in [3.05, 3.63) is 15.8 Å². The molecule has 1 heterocycles. The highest BCUT2D eigenvalue weighted by Gasteiger charge is 2.22. The van der Waals surface area contributed by atoms with Gasteiger partial charge in [0, 0.05) is 22.3 Å². The van der Waals surface area contributed by atoms with Crippen LogP contribution in [-0.4, -0.2) is 21.0 Å². The minimum absolute atomic E-state index is 0.0403. The highest BCUT2D eigenvalue weighted by Crippen LogP contribution is 2.26. The quantitative estimate of drug-likeness (QED) is 0.730. The highest BCUT2D eigenvalue weighted by molar-refractivity contribution is 7.89. The third-order valence-electron chi connectivity index (χ3n) is 3.57. The Bertz CT molecular complexity index is 538. The number of rotatable bonds is 9. The topological polar surface area (TPSA) is 58.2 Å². The SMILES string of the molecule is CCNCc1cc(S(=O)(=O)NC(C)CC(C)CC)c(C)s1. The van der Waals surface area contributed by atoms with Gasteiger partial charge in [-0.25, -0.2) is 13.1 Å². The Kier molecular flexibility index (Phi) is 7.33. The van der Waals surface area contributed by atoms with Crippen LogP contribution in [0.3, 0.4) is 0 Å². The fourth-order valence-electron chi connectivity index (χ4n) is 2.27. The number of hydrogen-bond acceptors (Lipinski definition) is 4. The van der Waals surface area contributed by atoms with Crippen molar-refractivity contribution in [1.29, 1.82) is 0 Å². The lowest BCUT2D eigenvalue weighted by atomic mass is 10.0. The summed E-state index contributed by atoms with van der Waals surface area (Å²) in [6, 6.07) is 1.75. The van der Waals surface area contributed by atoms with Gasteiger partial charge in [-0.3, -0.25) is 0 Å². The van der Waals surface area contributed by atoms with E-state index in [0.29, 0.717) is 10.8 Å². The molecule has 0 spiro atoms. The van der Waals surface area contributed by atoms with Gasteiger partial charge in [-0.05, 0) is 38.8 Å². The summed E-state index contributed by atoms with van der Waals surface area (Å²) in [6.07, 6.45) is 1.93. The van der Waals surface area contributed by atoms with Crippen molar-refractivity contribution < 1.29 is 8.42 Å². The van der Waals surface area contributed by atoms with E-state index in [2.05, 4.69) is 23.9 Å². The molecule has 4 nitrogen and oxygen atoms in total. The second kappa shape index (κ2) is 8.27. The second-order valence-corrected chi connectivity index (χ2v) is 8.71. The van der Waals surface area contributed by atoms with Gasteiger partial charge < -0.3 is 5.32 Å². The van der Waals surface area contributed by atoms with Crippen LogP contribution in [0.25, 0.3) is 0 Å². The van der Waals surface area contributed by atoms with Gasteiger partial charge in [0.15, 0.2) is 0 Å². The molecule has 1 aromatic heterocycles. The van der Waals surface area contributed by atoms with Crippen molar-refractivity contribution in [3.8, 4) is 0 Å². The van der Waals surface area contributed by atoms with E-state index in [9.17, 15) is 8.42 Å². The molecule has 0 fully saturated rings. The number of hydrogen-bond donors (Lipinski definition) is 2. The van der Waals surface area contributed by atoms with Gasteiger partial charge in [-0.2, -0.15) is 0 Å². The van der Waals surface area contributed by atoms with Gasteiger partial charge >= 0.3 is 0 Å². The van der Waals surface area contributed by atoms with Crippen molar-refractivity contribution in [1.82, 2.24) is 10.0 Å². The van der Waals surface area contributed by atoms with Gasteiger partial charge in [-0.15, -0.1) is 11.3 Å². The molecule has 0 aliphatic carbocycles. The van der Waals surface area contributed by atoms with Gasteiger partial charge in [0.05, 0.1) is 4.90 Å². The molecule has 0 bridgehead atoms. The first-order valence-electron chi connectivity index (χ1n) is 7.62. The molecule has 2 unspecified atom stereocenters. The number of sulfonamides is 1. The minimum atomic E-state index is -3.42. The standard InChI is InChI=1S/C15H28N2O2S2/c1-6-11(3)8-12(4)17-21(18,19)15-9-14(10-16-7-2)20-13(15)5/h9,11-12,16-17H,6-8,10H2,1-5H3. The van der Waals surface area contributed by atoms with E-state index in [1.165, 1.54) is 0 Å². The third-order valence-corrected chi connectivity index (χ3v) is 6.47. The Morgan fingerprint density at radius 2 is 1.95 bits per heavy atom. The van der Waals surface area contributed by atoms with Crippen molar-refractivity contribution in [2.45, 2.75) is 64.9 Å². The fraction of sp³-hybridized carbons (Fsp3) is 0.733. The zero-order chi connectivity index (χ0) is 16.0. The average molecular weight is 333 g/mol. The lowest BCUT2D eigenvalue weighted by molar-refractivity contribution is 0.445. The summed E-state index contributed by atoms with van der Waals surface area (Å²) < 4.78 is 27.8. The Morgan fingerprint density at radius 1 is 1.29 bits per heavy atom. The monoisotopic (exact) mass is 332 g/mol. The molecule has 122 valence electrons. The van der Waals surface area contributed by atoms with E-state index in [4.69, 9.17) is 0 Å². The minimum Gasteiger partial charge on any atom is -0.312 e. The molecule has 0 amide bonds. The summed E-state index contributed by atoms with van der Waals surface area (Å²) in [5.74, 6) is 0.524. The maximum absolute atomic E-state index is 12.5. The van der Waals surface area contributed by atoms with Crippen molar-refractivity contribution >= 4 is 21.4 Å². The molecular formula is C15H28N2O2S2. The van der Waals surface area contributed by atoms with E-state index in [1.807, 2.05) is 20.8 Å². The van der Waals surface area contributed by atoms with E-state index < -0.39 is 10.0 Å². The van der Waals surface area contributed by atoms with Crippen LogP contribution in [0.4, 0.5) is 0 Å². The summed E-state index contributed by atoms with van der Waals surface area (Å²) in [7, 11) is -3.42. The van der Waals surface area contributed by atoms with Crippen LogP contribution >= 0.6 is 11.3 Å². The summed E-state index contributed by atoms with van der Waals surface area (Å²) in [5, 5.41) is 3.23. The predicted octanol–water partition coefficient (Wildman–Crippen LogP) is 3.27. The molecule has 2 atom stereocenters. The number of thiophene rings is 1. The summed E-state index contributed by atoms with van der Waals surface area (Å²) >= 11 is 1.55. The Labute approximate surface area is 133 Å². The summed E-state index contributed by atoms with van der Waals surface area (Å²) in [6.45, 7) is 11.7. The van der Waals surface area contributed by atoms with Gasteiger partial charge in [0.2, 0.25) is 10.0 Å². The molecule has 0 radical (unpaired) electrons. The molecule has 0 saturated carbocycles. The molecule has 0 aromatic carbocycles. The number of nitrogens with one attached hydrogen (secondary N) is 2. The predicted molar refractivity (Wildman–Crippen MR) is 90.3 cm³/mol. The normalized spacial score (nSPS) is 15.1. The first-order valence-corrected chi connectivity index (χ1v) is 9.92. The highest BCUT2D eigenvalue weighted by atomic mass is 32.2. The van der Waals surface area contributed by atoms with E-state index in [0.717, 1.165) is 35.7 Å². The van der Waals surface area contributed by atoms with E-state index in [1.54, 1.807) is 17.4 Å². The average Bonchev–Trinajstić information content (AvgIpc) is 2.77. The number of aryl methyl sites for hydroxylation is 1. The van der Waals surface area contributed by atoms with Crippen LogP contribution in [0, 0.1) is 12.8 Å². The summed E-state index contributed by atoms with van der Waals surface area (Å²) in [5.41, 5.74) is 0. The Morgan fingerprint density at radius 3 is 2.52 bits per heavy atom. The van der Waals surface area contributed by atoms with Crippen LogP contribution in [0.15, 0.2) is 11.0 Å². The molecule has 0 aliphatic heterocycles. The Hall–Kier alpha value is -0.430. The van der Waals surface area contributed by atoms with Crippen molar-refractivity contribution in [2.24, 2.45) is 5.92 Å². The van der Waals surface area contributed by atoms with E-state index in [-0.39, 0.29) is 6.04 Å². The largest absolute Gasteiger partial charge is 0.312 e. The van der Waals surface area contributed by atoms with Crippen molar-refractivity contribution in [2.75, 3.05) is 6.54 Å². The van der Waals surface area contributed by atoms with Crippen LogP contribution in [0.2, 0.25) is 0 Å². The Balaban J connectivity index is 2.80. The third kappa shape index (κ3) is 5.70. The summed E-state index contributed by atoms with van der Waals surface area (Å²) in [4.78, 5) is 2.34. The molecule has 1 rings (SSSR count). The second-order valence-electron chi connectivity index (χ2n) is 5.68. The van der Waals surface area contributed by atoms with Crippen LogP contribution in [-0.2, 0) is 16.6 Å². The fourth-order valence-corrected chi connectivity index (χ4v) is 5.13. The zero-order valence-electron chi connectivity index (χ0n) is 13.7. The van der Waals surface area contributed by atoms with Crippen molar-refractivity contribution in [3.63, 3.8) is 0 Å². The van der Waals surface area contributed by atoms with E-state index >= 15 is 0 Å². The van der Waals surface area contributed by atoms with Crippen LogP contribution in [0.5, 0.6) is 0 Å². The first kappa shape index (κ1) is 18.6. The molecule has 6 heteroatoms. The molecule has 0 saturated heterocycles. The molecule has 1 aromatic rings. The first-order chi connectivity index (χ1) is 9.80. The molecule has 0 aliphatic rings. The van der Waals surface area contributed by atoms with Gasteiger partial charge in [0.25, 0.3) is 0 Å². The van der Waals surface area contributed by atoms with Gasteiger partial charge in [0.1, 0.15) is 0 Å². The zero-order valence-corrected chi connectivity index (χ0v) is 15.3. The molecule has 21 heavy (non-hydrogen) atoms.